The van der Waals surface area contributed by atoms with Gasteiger partial charge >= 0.3 is 0 Å². The zero-order valence-electron chi connectivity index (χ0n) is 16.6. The lowest BCUT2D eigenvalue weighted by Gasteiger charge is -2.39. The Morgan fingerprint density at radius 1 is 1.13 bits per heavy atom. The van der Waals surface area contributed by atoms with Crippen molar-refractivity contribution in [1.29, 1.82) is 0 Å². The third kappa shape index (κ3) is 4.06. The molecule has 2 aliphatic rings. The molecule has 7 heteroatoms. The van der Waals surface area contributed by atoms with Crippen molar-refractivity contribution in [3.8, 4) is 0 Å². The van der Waals surface area contributed by atoms with Gasteiger partial charge in [-0.05, 0) is 61.2 Å². The SMILES string of the molecule is C[C@H](C(=O)Nc1ccc(F)cc1)c1ccc2c(c1)CCCN2C(=O)C1CC(F)(F)C1. The number of amides is 2. The molecule has 1 saturated carbocycles. The van der Waals surface area contributed by atoms with Crippen molar-refractivity contribution < 1.29 is 22.8 Å². The number of fused-ring (bicyclic) bond motifs is 1. The second-order valence-corrected chi connectivity index (χ2v) is 8.16. The van der Waals surface area contributed by atoms with Crippen molar-refractivity contribution in [2.45, 2.75) is 44.4 Å². The summed E-state index contributed by atoms with van der Waals surface area (Å²) in [6.45, 7) is 2.30. The molecule has 0 bridgehead atoms. The third-order valence-corrected chi connectivity index (χ3v) is 5.93. The van der Waals surface area contributed by atoms with Gasteiger partial charge < -0.3 is 10.2 Å². The maximum Gasteiger partial charge on any atom is 0.249 e. The number of aryl methyl sites for hydroxylation is 1. The van der Waals surface area contributed by atoms with Crippen LogP contribution >= 0.6 is 0 Å². The van der Waals surface area contributed by atoms with E-state index in [1.54, 1.807) is 24.0 Å². The molecule has 2 aromatic carbocycles. The smallest absolute Gasteiger partial charge is 0.249 e. The zero-order valence-corrected chi connectivity index (χ0v) is 16.6. The van der Waals surface area contributed by atoms with Crippen LogP contribution in [0.4, 0.5) is 24.5 Å². The lowest BCUT2D eigenvalue weighted by molar-refractivity contribution is -0.147. The minimum atomic E-state index is -2.73. The number of nitrogens with one attached hydrogen (secondary N) is 1. The minimum absolute atomic E-state index is 0.220. The van der Waals surface area contributed by atoms with Gasteiger partial charge in [0.05, 0.1) is 5.92 Å². The first-order valence-electron chi connectivity index (χ1n) is 10.1. The summed E-state index contributed by atoms with van der Waals surface area (Å²) in [6, 6.07) is 11.1. The summed E-state index contributed by atoms with van der Waals surface area (Å²) in [7, 11) is 0. The van der Waals surface area contributed by atoms with E-state index in [0.717, 1.165) is 29.7 Å². The topological polar surface area (TPSA) is 49.4 Å². The molecule has 4 nitrogen and oxygen atoms in total. The van der Waals surface area contributed by atoms with Gasteiger partial charge in [-0.2, -0.15) is 0 Å². The fourth-order valence-corrected chi connectivity index (χ4v) is 4.11. The summed E-state index contributed by atoms with van der Waals surface area (Å²) in [5.74, 6) is -4.63. The first-order valence-corrected chi connectivity index (χ1v) is 10.1. The Bertz CT molecular complexity index is 967. The maximum absolute atomic E-state index is 13.2. The average molecular weight is 416 g/mol. The molecule has 1 aliphatic heterocycles. The molecule has 0 aromatic heterocycles. The zero-order chi connectivity index (χ0) is 21.5. The number of rotatable bonds is 4. The van der Waals surface area contributed by atoms with Gasteiger partial charge in [-0.1, -0.05) is 12.1 Å². The van der Waals surface area contributed by atoms with Gasteiger partial charge in [0.25, 0.3) is 0 Å². The van der Waals surface area contributed by atoms with Gasteiger partial charge in [-0.15, -0.1) is 0 Å². The molecule has 30 heavy (non-hydrogen) atoms. The highest BCUT2D eigenvalue weighted by Gasteiger charge is 2.50. The highest BCUT2D eigenvalue weighted by atomic mass is 19.3. The number of hydrogen-bond acceptors (Lipinski definition) is 2. The largest absolute Gasteiger partial charge is 0.326 e. The second kappa shape index (κ2) is 7.78. The fourth-order valence-electron chi connectivity index (χ4n) is 4.11. The van der Waals surface area contributed by atoms with Crippen molar-refractivity contribution in [1.82, 2.24) is 0 Å². The Morgan fingerprint density at radius 3 is 2.50 bits per heavy atom. The Labute approximate surface area is 173 Å². The molecule has 1 heterocycles. The first kappa shape index (κ1) is 20.4. The summed E-state index contributed by atoms with van der Waals surface area (Å²) in [5, 5.41) is 2.77. The highest BCUT2D eigenvalue weighted by Crippen LogP contribution is 2.44. The van der Waals surface area contributed by atoms with Crippen LogP contribution in [0.5, 0.6) is 0 Å². The first-order chi connectivity index (χ1) is 14.2. The normalized spacial score (nSPS) is 18.9. The molecule has 4 rings (SSSR count). The number of anilines is 2. The summed E-state index contributed by atoms with van der Waals surface area (Å²) < 4.78 is 39.4. The van der Waals surface area contributed by atoms with E-state index in [1.165, 1.54) is 24.3 Å². The van der Waals surface area contributed by atoms with E-state index in [1.807, 2.05) is 6.07 Å². The van der Waals surface area contributed by atoms with E-state index in [4.69, 9.17) is 0 Å². The van der Waals surface area contributed by atoms with Gasteiger partial charge in [0, 0.05) is 36.7 Å². The van der Waals surface area contributed by atoms with Gasteiger partial charge in [-0.25, -0.2) is 13.2 Å². The van der Waals surface area contributed by atoms with Gasteiger partial charge in [0.15, 0.2) is 0 Å². The molecule has 1 N–H and O–H groups in total. The van der Waals surface area contributed by atoms with E-state index in [0.29, 0.717) is 12.2 Å². The van der Waals surface area contributed by atoms with E-state index in [2.05, 4.69) is 5.32 Å². The molecule has 1 atom stereocenters. The Hall–Kier alpha value is -2.83. The number of benzene rings is 2. The number of nitrogens with zero attached hydrogens (tertiary/aromatic N) is 1. The Balaban J connectivity index is 1.48. The lowest BCUT2D eigenvalue weighted by atomic mass is 9.80. The van der Waals surface area contributed by atoms with Crippen molar-refractivity contribution in [3.05, 3.63) is 59.4 Å². The molecule has 158 valence electrons. The van der Waals surface area contributed by atoms with Crippen LogP contribution in [0.2, 0.25) is 0 Å². The maximum atomic E-state index is 13.2. The predicted molar refractivity (Wildman–Crippen MR) is 108 cm³/mol. The molecule has 2 aromatic rings. The molecular weight excluding hydrogens is 393 g/mol. The molecule has 0 saturated heterocycles. The monoisotopic (exact) mass is 416 g/mol. The van der Waals surface area contributed by atoms with E-state index < -0.39 is 17.8 Å². The van der Waals surface area contributed by atoms with Crippen LogP contribution < -0.4 is 10.2 Å². The average Bonchev–Trinajstić information content (AvgIpc) is 2.71. The molecule has 0 radical (unpaired) electrons. The van der Waals surface area contributed by atoms with Gasteiger partial charge in [0.2, 0.25) is 17.7 Å². The predicted octanol–water partition coefficient (Wildman–Crippen LogP) is 4.89. The van der Waals surface area contributed by atoms with E-state index in [-0.39, 0.29) is 30.5 Å². The highest BCUT2D eigenvalue weighted by molar-refractivity contribution is 5.98. The number of alkyl halides is 2. The van der Waals surface area contributed by atoms with E-state index >= 15 is 0 Å². The quantitative estimate of drug-likeness (QED) is 0.771. The third-order valence-electron chi connectivity index (χ3n) is 5.93. The number of carbonyl (C=O) groups excluding carboxylic acids is 2. The summed E-state index contributed by atoms with van der Waals surface area (Å²) in [6.07, 6.45) is 0.758. The van der Waals surface area contributed by atoms with Gasteiger partial charge in [0.1, 0.15) is 5.82 Å². The van der Waals surface area contributed by atoms with Crippen LogP contribution in [0.15, 0.2) is 42.5 Å². The van der Waals surface area contributed by atoms with Crippen molar-refractivity contribution in [3.63, 3.8) is 0 Å². The molecular formula is C23H23F3N2O2. The summed E-state index contributed by atoms with van der Waals surface area (Å²) in [4.78, 5) is 26.9. The van der Waals surface area contributed by atoms with Gasteiger partial charge in [-0.3, -0.25) is 9.59 Å². The van der Waals surface area contributed by atoms with Crippen molar-refractivity contribution in [2.75, 3.05) is 16.8 Å². The lowest BCUT2D eigenvalue weighted by Crippen LogP contribution is -2.48. The fraction of sp³-hybridized carbons (Fsp3) is 0.391. The summed E-state index contributed by atoms with van der Waals surface area (Å²) in [5.41, 5.74) is 3.01. The molecule has 1 aliphatic carbocycles. The van der Waals surface area contributed by atoms with Crippen LogP contribution in [-0.4, -0.2) is 24.3 Å². The van der Waals surface area contributed by atoms with Crippen molar-refractivity contribution in [2.24, 2.45) is 5.92 Å². The van der Waals surface area contributed by atoms with Crippen LogP contribution in [-0.2, 0) is 16.0 Å². The molecule has 0 spiro atoms. The standard InChI is InChI=1S/C23H23F3N2O2/c1-14(21(29)27-19-7-5-18(24)6-8-19)15-4-9-20-16(11-15)3-2-10-28(20)22(30)17-12-23(25,26)13-17/h4-9,11,14,17H,2-3,10,12-13H2,1H3,(H,27,29)/t14-/m0/s1. The summed E-state index contributed by atoms with van der Waals surface area (Å²) >= 11 is 0. The van der Waals surface area contributed by atoms with Crippen LogP contribution in [0.1, 0.15) is 43.2 Å². The van der Waals surface area contributed by atoms with Crippen molar-refractivity contribution >= 4 is 23.2 Å². The Kier molecular flexibility index (Phi) is 5.30. The van der Waals surface area contributed by atoms with Crippen LogP contribution in [0.25, 0.3) is 0 Å². The number of hydrogen-bond donors (Lipinski definition) is 1. The van der Waals surface area contributed by atoms with Crippen LogP contribution in [0, 0.1) is 11.7 Å². The number of halogens is 3. The molecule has 1 fully saturated rings. The molecule has 0 unspecified atom stereocenters. The second-order valence-electron chi connectivity index (χ2n) is 8.16. The minimum Gasteiger partial charge on any atom is -0.326 e. The Morgan fingerprint density at radius 2 is 1.83 bits per heavy atom. The van der Waals surface area contributed by atoms with Crippen LogP contribution in [0.3, 0.4) is 0 Å². The van der Waals surface area contributed by atoms with E-state index in [9.17, 15) is 22.8 Å². The number of carbonyl (C=O) groups is 2. The molecule has 2 amide bonds.